The number of benzene rings is 1. The van der Waals surface area contributed by atoms with Gasteiger partial charge in [-0.15, -0.1) is 0 Å². The highest BCUT2D eigenvalue weighted by Crippen LogP contribution is 2.43. The summed E-state index contributed by atoms with van der Waals surface area (Å²) in [6.45, 7) is 4.49. The molecule has 0 saturated carbocycles. The predicted molar refractivity (Wildman–Crippen MR) is 144 cm³/mol. The molecule has 1 saturated heterocycles. The van der Waals surface area contributed by atoms with Gasteiger partial charge in [0.2, 0.25) is 0 Å². The monoisotopic (exact) mass is 514 g/mol. The number of ether oxygens (including phenoxy) is 1. The number of aryl methyl sites for hydroxylation is 1. The van der Waals surface area contributed by atoms with Gasteiger partial charge in [-0.25, -0.2) is 0 Å². The molecule has 0 radical (unpaired) electrons. The molecule has 0 amide bonds. The smallest absolute Gasteiger partial charge is 0.296 e. The number of aromatic nitrogens is 3. The maximum Gasteiger partial charge on any atom is 0.296 e. The fourth-order valence-corrected chi connectivity index (χ4v) is 5.33. The number of methoxy groups -OCH3 is 1. The molecule has 0 bridgehead atoms. The summed E-state index contributed by atoms with van der Waals surface area (Å²) in [5.41, 5.74) is 5.12. The van der Waals surface area contributed by atoms with Gasteiger partial charge in [-0.3, -0.25) is 20.1 Å². The van der Waals surface area contributed by atoms with E-state index in [0.717, 1.165) is 28.2 Å². The van der Waals surface area contributed by atoms with E-state index >= 15 is 0 Å². The first kappa shape index (κ1) is 24.4. The fraction of sp³-hybridized carbons (Fsp3) is 0.222. The van der Waals surface area contributed by atoms with Gasteiger partial charge in [0, 0.05) is 36.5 Å². The molecule has 5 rings (SSSR count). The van der Waals surface area contributed by atoms with Crippen molar-refractivity contribution >= 4 is 23.0 Å². The minimum atomic E-state index is -0.381. The van der Waals surface area contributed by atoms with Gasteiger partial charge >= 0.3 is 0 Å². The van der Waals surface area contributed by atoms with E-state index in [4.69, 9.17) is 17.0 Å². The lowest BCUT2D eigenvalue weighted by molar-refractivity contribution is -0.384. The molecule has 4 aromatic rings. The second kappa shape index (κ2) is 9.98. The van der Waals surface area contributed by atoms with Crippen LogP contribution in [0.1, 0.15) is 40.3 Å². The average Bonchev–Trinajstić information content (AvgIpc) is 3.39. The van der Waals surface area contributed by atoms with Crippen molar-refractivity contribution in [2.75, 3.05) is 7.11 Å². The van der Waals surface area contributed by atoms with E-state index in [1.54, 1.807) is 24.5 Å². The molecule has 10 heteroatoms. The summed E-state index contributed by atoms with van der Waals surface area (Å²) >= 11 is 5.81. The van der Waals surface area contributed by atoms with Gasteiger partial charge in [-0.05, 0) is 73.6 Å². The highest BCUT2D eigenvalue weighted by atomic mass is 32.1. The van der Waals surface area contributed by atoms with Crippen LogP contribution in [-0.4, -0.2) is 36.6 Å². The first-order valence-electron chi connectivity index (χ1n) is 11.8. The number of nitrogens with zero attached hydrogens (tertiary/aromatic N) is 5. The molecule has 0 spiro atoms. The Balaban J connectivity index is 1.65. The Bertz CT molecular complexity index is 1460. The molecule has 37 heavy (non-hydrogen) atoms. The van der Waals surface area contributed by atoms with Crippen molar-refractivity contribution in [1.29, 1.82) is 0 Å². The van der Waals surface area contributed by atoms with Crippen molar-refractivity contribution in [3.05, 3.63) is 112 Å². The second-order valence-corrected chi connectivity index (χ2v) is 9.28. The minimum Gasteiger partial charge on any atom is -0.496 e. The lowest BCUT2D eigenvalue weighted by atomic mass is 9.96. The van der Waals surface area contributed by atoms with Crippen LogP contribution < -0.4 is 10.1 Å². The molecule has 188 valence electrons. The van der Waals surface area contributed by atoms with Crippen LogP contribution in [0.15, 0.2) is 73.2 Å². The molecule has 9 nitrogen and oxygen atoms in total. The number of nitro benzene ring substituents is 1. The van der Waals surface area contributed by atoms with E-state index in [1.165, 1.54) is 13.2 Å². The predicted octanol–water partition coefficient (Wildman–Crippen LogP) is 4.97. The fourth-order valence-electron chi connectivity index (χ4n) is 5.03. The molecule has 1 aliphatic heterocycles. The van der Waals surface area contributed by atoms with Gasteiger partial charge in [0.1, 0.15) is 11.4 Å². The van der Waals surface area contributed by atoms with Crippen LogP contribution in [0.3, 0.4) is 0 Å². The van der Waals surface area contributed by atoms with Gasteiger partial charge in [-0.2, -0.15) is 0 Å². The Morgan fingerprint density at radius 1 is 1.14 bits per heavy atom. The summed E-state index contributed by atoms with van der Waals surface area (Å²) < 4.78 is 7.16. The lowest BCUT2D eigenvalue weighted by Gasteiger charge is -2.28. The number of rotatable bonds is 7. The average molecular weight is 515 g/mol. The molecule has 2 atom stereocenters. The van der Waals surface area contributed by atoms with Crippen molar-refractivity contribution < 1.29 is 9.66 Å². The van der Waals surface area contributed by atoms with Gasteiger partial charge < -0.3 is 19.5 Å². The summed E-state index contributed by atoms with van der Waals surface area (Å²) in [4.78, 5) is 22.6. The molecule has 0 unspecified atom stereocenters. The van der Waals surface area contributed by atoms with Crippen molar-refractivity contribution in [2.24, 2.45) is 0 Å². The molecule has 1 N–H and O–H groups in total. The molecule has 1 fully saturated rings. The SMILES string of the molecule is COc1ccc(-n2c(C)cc([C@H]3[C@@H](c4ccccn4)NC(=S)N3Cc3cccnc3)c2C)c([N+](=O)[O-])c1. The summed E-state index contributed by atoms with van der Waals surface area (Å²) in [6.07, 6.45) is 5.34. The third-order valence-corrected chi connectivity index (χ3v) is 7.03. The molecular formula is C27H26N6O3S. The maximum absolute atomic E-state index is 12.0. The third-order valence-electron chi connectivity index (χ3n) is 6.68. The molecule has 1 aromatic carbocycles. The van der Waals surface area contributed by atoms with Crippen LogP contribution in [0.4, 0.5) is 5.69 Å². The molecule has 3 aromatic heterocycles. The summed E-state index contributed by atoms with van der Waals surface area (Å²) in [6, 6.07) is 16.3. The third kappa shape index (κ3) is 4.51. The van der Waals surface area contributed by atoms with Gasteiger partial charge in [-0.1, -0.05) is 12.1 Å². The van der Waals surface area contributed by atoms with Crippen molar-refractivity contribution in [3.63, 3.8) is 0 Å². The lowest BCUT2D eigenvalue weighted by Crippen LogP contribution is -2.29. The first-order chi connectivity index (χ1) is 17.9. The number of hydrogen-bond donors (Lipinski definition) is 1. The van der Waals surface area contributed by atoms with Crippen molar-refractivity contribution in [3.8, 4) is 11.4 Å². The van der Waals surface area contributed by atoms with Gasteiger partial charge in [0.05, 0.1) is 35.9 Å². The van der Waals surface area contributed by atoms with Crippen LogP contribution in [0.5, 0.6) is 5.75 Å². The zero-order valence-corrected chi connectivity index (χ0v) is 21.5. The Labute approximate surface area is 219 Å². The Hall–Kier alpha value is -4.31. The first-order valence-corrected chi connectivity index (χ1v) is 12.2. The van der Waals surface area contributed by atoms with E-state index in [-0.39, 0.29) is 22.7 Å². The highest BCUT2D eigenvalue weighted by molar-refractivity contribution is 7.80. The zero-order chi connectivity index (χ0) is 26.1. The largest absolute Gasteiger partial charge is 0.496 e. The van der Waals surface area contributed by atoms with E-state index in [0.29, 0.717) is 23.1 Å². The number of pyridine rings is 2. The van der Waals surface area contributed by atoms with Crippen LogP contribution in [0.25, 0.3) is 5.69 Å². The quantitative estimate of drug-likeness (QED) is 0.210. The Morgan fingerprint density at radius 2 is 1.97 bits per heavy atom. The van der Waals surface area contributed by atoms with Crippen molar-refractivity contribution in [2.45, 2.75) is 32.5 Å². The normalized spacial score (nSPS) is 17.1. The van der Waals surface area contributed by atoms with Crippen LogP contribution in [0.2, 0.25) is 0 Å². The van der Waals surface area contributed by atoms with Gasteiger partial charge in [0.15, 0.2) is 5.11 Å². The topological polar surface area (TPSA) is 98.3 Å². The van der Waals surface area contributed by atoms with Crippen LogP contribution in [0, 0.1) is 24.0 Å². The minimum absolute atomic E-state index is 0.0266. The molecular weight excluding hydrogens is 488 g/mol. The molecule has 1 aliphatic rings. The second-order valence-electron chi connectivity index (χ2n) is 8.89. The number of nitrogens with one attached hydrogen (secondary N) is 1. The zero-order valence-electron chi connectivity index (χ0n) is 20.7. The highest BCUT2D eigenvalue weighted by Gasteiger charge is 2.41. The number of thiocarbonyl (C=S) groups is 1. The summed E-state index contributed by atoms with van der Waals surface area (Å²) in [5.74, 6) is 0.432. The van der Waals surface area contributed by atoms with E-state index in [9.17, 15) is 10.1 Å². The molecule has 0 aliphatic carbocycles. The van der Waals surface area contributed by atoms with Crippen molar-refractivity contribution in [1.82, 2.24) is 24.8 Å². The van der Waals surface area contributed by atoms with Crippen LogP contribution >= 0.6 is 12.2 Å². The maximum atomic E-state index is 12.0. The molecule has 4 heterocycles. The standard InChI is InChI=1S/C27H26N6O3S/c1-17-13-21(18(2)32(17)23-10-9-20(36-3)14-24(23)33(34)35)26-25(22-8-4-5-12-29-22)30-27(37)31(26)16-19-7-6-11-28-15-19/h4-15,25-26H,16H2,1-3H3,(H,30,37)/t25-,26+/m1/s1. The van der Waals surface area contributed by atoms with E-state index in [1.807, 2.05) is 54.9 Å². The Morgan fingerprint density at radius 3 is 2.65 bits per heavy atom. The Kier molecular flexibility index (Phi) is 6.58. The number of hydrogen-bond acceptors (Lipinski definition) is 6. The van der Waals surface area contributed by atoms with Crippen LogP contribution in [-0.2, 0) is 6.54 Å². The van der Waals surface area contributed by atoms with E-state index < -0.39 is 0 Å². The summed E-state index contributed by atoms with van der Waals surface area (Å²) in [7, 11) is 1.49. The van der Waals surface area contributed by atoms with Gasteiger partial charge in [0.25, 0.3) is 5.69 Å². The van der Waals surface area contributed by atoms with E-state index in [2.05, 4.69) is 26.3 Å². The summed E-state index contributed by atoms with van der Waals surface area (Å²) in [5, 5.41) is 16.1. The number of nitro groups is 1.